The lowest BCUT2D eigenvalue weighted by molar-refractivity contribution is 0.0458. The fraction of sp³-hybridized carbons (Fsp3) is 0.160. The van der Waals surface area contributed by atoms with Gasteiger partial charge in [0.05, 0.1) is 34.0 Å². The van der Waals surface area contributed by atoms with E-state index in [1.165, 1.54) is 24.3 Å². The second kappa shape index (κ2) is 9.25. The molecule has 4 rings (SSSR count). The van der Waals surface area contributed by atoms with E-state index in [0.29, 0.717) is 22.2 Å². The molecular formula is C25H19Cl2NO5. The van der Waals surface area contributed by atoms with E-state index in [0.717, 1.165) is 4.90 Å². The number of hydrogen-bond acceptors (Lipinski definition) is 5. The van der Waals surface area contributed by atoms with Crippen molar-refractivity contribution in [3.8, 4) is 11.5 Å². The Labute approximate surface area is 200 Å². The third-order valence-corrected chi connectivity index (χ3v) is 5.43. The highest BCUT2D eigenvalue weighted by molar-refractivity contribution is 6.36. The Morgan fingerprint density at radius 2 is 1.61 bits per heavy atom. The number of ether oxygens (including phenoxy) is 2. The second-order valence-electron chi connectivity index (χ2n) is 7.87. The van der Waals surface area contributed by atoms with E-state index in [-0.39, 0.29) is 34.2 Å². The molecule has 0 N–H and O–H groups in total. The number of anilines is 1. The van der Waals surface area contributed by atoms with E-state index in [1.807, 2.05) is 13.8 Å². The molecule has 8 heteroatoms. The van der Waals surface area contributed by atoms with Gasteiger partial charge in [-0.25, -0.2) is 9.69 Å². The maximum absolute atomic E-state index is 13.0. The van der Waals surface area contributed by atoms with Gasteiger partial charge in [-0.15, -0.1) is 0 Å². The van der Waals surface area contributed by atoms with Crippen molar-refractivity contribution in [1.29, 1.82) is 0 Å². The summed E-state index contributed by atoms with van der Waals surface area (Å²) in [4.78, 5) is 39.2. The molecule has 33 heavy (non-hydrogen) atoms. The summed E-state index contributed by atoms with van der Waals surface area (Å²) in [5.74, 6) is -0.521. The van der Waals surface area contributed by atoms with Crippen LogP contribution in [0.4, 0.5) is 5.69 Å². The molecule has 0 spiro atoms. The van der Waals surface area contributed by atoms with E-state index in [2.05, 4.69) is 0 Å². The highest BCUT2D eigenvalue weighted by Crippen LogP contribution is 2.36. The monoisotopic (exact) mass is 483 g/mol. The van der Waals surface area contributed by atoms with Gasteiger partial charge in [-0.2, -0.15) is 0 Å². The van der Waals surface area contributed by atoms with Crippen LogP contribution in [0.25, 0.3) is 0 Å². The van der Waals surface area contributed by atoms with Gasteiger partial charge in [0.15, 0.2) is 0 Å². The third-order valence-electron chi connectivity index (χ3n) is 4.89. The zero-order chi connectivity index (χ0) is 23.7. The first-order valence-corrected chi connectivity index (χ1v) is 10.9. The van der Waals surface area contributed by atoms with Gasteiger partial charge < -0.3 is 9.47 Å². The first-order valence-electron chi connectivity index (χ1n) is 10.2. The third kappa shape index (κ3) is 4.72. The molecule has 1 aliphatic rings. The van der Waals surface area contributed by atoms with Crippen LogP contribution in [0.3, 0.4) is 0 Å². The summed E-state index contributed by atoms with van der Waals surface area (Å²) in [5.41, 5.74) is 0.843. The zero-order valence-corrected chi connectivity index (χ0v) is 19.3. The summed E-state index contributed by atoms with van der Waals surface area (Å²) in [6, 6.07) is 15.7. The first-order chi connectivity index (χ1) is 15.7. The van der Waals surface area contributed by atoms with Gasteiger partial charge >= 0.3 is 5.97 Å². The maximum atomic E-state index is 13.0. The SMILES string of the molecule is CC(C)COC(=O)c1ccc2c(c1)C(=O)N(c1ccc(Oc3ccc(Cl)cc3)c(Cl)c1)C2=O. The molecule has 0 radical (unpaired) electrons. The Bertz CT molecular complexity index is 1250. The van der Waals surface area contributed by atoms with Crippen LogP contribution in [0.15, 0.2) is 60.7 Å². The Kier molecular flexibility index (Phi) is 6.40. The molecule has 2 amide bonds. The fourth-order valence-corrected chi connectivity index (χ4v) is 3.61. The predicted octanol–water partition coefficient (Wildman–Crippen LogP) is 6.40. The quantitative estimate of drug-likeness (QED) is 0.299. The van der Waals surface area contributed by atoms with Crippen LogP contribution < -0.4 is 9.64 Å². The molecule has 1 aliphatic heterocycles. The van der Waals surface area contributed by atoms with E-state index in [1.54, 1.807) is 36.4 Å². The Morgan fingerprint density at radius 1 is 0.909 bits per heavy atom. The van der Waals surface area contributed by atoms with Gasteiger partial charge in [0.25, 0.3) is 11.8 Å². The highest BCUT2D eigenvalue weighted by atomic mass is 35.5. The summed E-state index contributed by atoms with van der Waals surface area (Å²) in [6.45, 7) is 4.11. The number of esters is 1. The number of nitrogens with zero attached hydrogens (tertiary/aromatic N) is 1. The number of halogens is 2. The van der Waals surface area contributed by atoms with E-state index in [9.17, 15) is 14.4 Å². The van der Waals surface area contributed by atoms with Crippen LogP contribution in [0.2, 0.25) is 10.0 Å². The van der Waals surface area contributed by atoms with E-state index in [4.69, 9.17) is 32.7 Å². The maximum Gasteiger partial charge on any atom is 0.338 e. The molecule has 6 nitrogen and oxygen atoms in total. The molecule has 3 aromatic carbocycles. The van der Waals surface area contributed by atoms with Gasteiger partial charge in [-0.1, -0.05) is 37.0 Å². The summed E-state index contributed by atoms with van der Waals surface area (Å²) in [5, 5.41) is 0.794. The average Bonchev–Trinajstić information content (AvgIpc) is 3.04. The van der Waals surface area contributed by atoms with Crippen LogP contribution in [0.1, 0.15) is 44.9 Å². The minimum Gasteiger partial charge on any atom is -0.462 e. The number of rotatable bonds is 6. The predicted molar refractivity (Wildman–Crippen MR) is 126 cm³/mol. The molecular weight excluding hydrogens is 465 g/mol. The molecule has 0 aliphatic carbocycles. The lowest BCUT2D eigenvalue weighted by Crippen LogP contribution is -2.29. The Morgan fingerprint density at radius 3 is 2.27 bits per heavy atom. The summed E-state index contributed by atoms with van der Waals surface area (Å²) in [6.07, 6.45) is 0. The highest BCUT2D eigenvalue weighted by Gasteiger charge is 2.37. The first kappa shape index (κ1) is 22.8. The number of carbonyl (C=O) groups excluding carboxylic acids is 3. The summed E-state index contributed by atoms with van der Waals surface area (Å²) in [7, 11) is 0. The average molecular weight is 484 g/mol. The van der Waals surface area contributed by atoms with Crippen LogP contribution >= 0.6 is 23.2 Å². The zero-order valence-electron chi connectivity index (χ0n) is 17.8. The largest absolute Gasteiger partial charge is 0.462 e. The molecule has 0 atom stereocenters. The van der Waals surface area contributed by atoms with Crippen molar-refractivity contribution in [2.45, 2.75) is 13.8 Å². The minimum absolute atomic E-state index is 0.136. The molecule has 0 saturated carbocycles. The minimum atomic E-state index is -0.545. The van der Waals surface area contributed by atoms with Crippen molar-refractivity contribution in [2.75, 3.05) is 11.5 Å². The lowest BCUT2D eigenvalue weighted by atomic mass is 10.1. The lowest BCUT2D eigenvalue weighted by Gasteiger charge is -2.16. The van der Waals surface area contributed by atoms with E-state index >= 15 is 0 Å². The van der Waals surface area contributed by atoms with E-state index < -0.39 is 17.8 Å². The van der Waals surface area contributed by atoms with Gasteiger partial charge in [0, 0.05) is 5.02 Å². The second-order valence-corrected chi connectivity index (χ2v) is 8.71. The molecule has 1 heterocycles. The van der Waals surface area contributed by atoms with Gasteiger partial charge in [0.2, 0.25) is 0 Å². The van der Waals surface area contributed by atoms with Crippen molar-refractivity contribution < 1.29 is 23.9 Å². The Hall–Kier alpha value is -3.35. The van der Waals surface area contributed by atoms with Crippen LogP contribution in [0.5, 0.6) is 11.5 Å². The Balaban J connectivity index is 1.57. The smallest absolute Gasteiger partial charge is 0.338 e. The topological polar surface area (TPSA) is 72.9 Å². The molecule has 0 fully saturated rings. The number of amides is 2. The molecule has 3 aromatic rings. The number of imide groups is 1. The fourth-order valence-electron chi connectivity index (χ4n) is 3.27. The van der Waals surface area contributed by atoms with Gasteiger partial charge in [-0.3, -0.25) is 9.59 Å². The standard InChI is InChI=1S/C25H19Cl2NO5/c1-14(2)13-32-25(31)15-3-9-19-20(11-15)24(30)28(23(19)29)17-6-10-22(21(27)12-17)33-18-7-4-16(26)5-8-18/h3-12,14H,13H2,1-2H3. The molecule has 0 saturated heterocycles. The van der Waals surface area contributed by atoms with Gasteiger partial charge in [0.1, 0.15) is 11.5 Å². The molecule has 168 valence electrons. The van der Waals surface area contributed by atoms with Crippen LogP contribution in [-0.4, -0.2) is 24.4 Å². The van der Waals surface area contributed by atoms with Crippen molar-refractivity contribution in [1.82, 2.24) is 0 Å². The van der Waals surface area contributed by atoms with Crippen molar-refractivity contribution in [3.63, 3.8) is 0 Å². The summed E-state index contributed by atoms with van der Waals surface area (Å²) < 4.78 is 11.0. The number of benzene rings is 3. The molecule has 0 bridgehead atoms. The van der Waals surface area contributed by atoms with Crippen LogP contribution in [-0.2, 0) is 4.74 Å². The van der Waals surface area contributed by atoms with Crippen molar-refractivity contribution in [3.05, 3.63) is 87.4 Å². The number of carbonyl (C=O) groups is 3. The van der Waals surface area contributed by atoms with Gasteiger partial charge in [-0.05, 0) is 66.6 Å². The summed E-state index contributed by atoms with van der Waals surface area (Å²) >= 11 is 12.2. The molecule has 0 aromatic heterocycles. The number of hydrogen-bond donors (Lipinski definition) is 0. The van der Waals surface area contributed by atoms with Crippen molar-refractivity contribution in [2.24, 2.45) is 5.92 Å². The normalized spacial score (nSPS) is 12.8. The van der Waals surface area contributed by atoms with Crippen LogP contribution in [0, 0.1) is 5.92 Å². The molecule has 0 unspecified atom stereocenters. The number of fused-ring (bicyclic) bond motifs is 1. The van der Waals surface area contributed by atoms with Crippen molar-refractivity contribution >= 4 is 46.7 Å².